The van der Waals surface area contributed by atoms with E-state index >= 15 is 0 Å². The molecule has 0 spiro atoms. The van der Waals surface area contributed by atoms with Crippen molar-refractivity contribution in [1.29, 1.82) is 0 Å². The third-order valence-corrected chi connectivity index (χ3v) is 3.13. The van der Waals surface area contributed by atoms with E-state index in [1.807, 2.05) is 0 Å². The maximum atomic E-state index is 13.5. The molecule has 0 saturated carbocycles. The Hall–Kier alpha value is -1.89. The number of hydrogen-bond acceptors (Lipinski definition) is 4. The highest BCUT2D eigenvalue weighted by Crippen LogP contribution is 2.28. The number of carbonyl (C=O) groups excluding carboxylic acids is 1. The molecule has 1 aromatic carbocycles. The quantitative estimate of drug-likeness (QED) is 0.641. The lowest BCUT2D eigenvalue weighted by Gasteiger charge is -2.01. The van der Waals surface area contributed by atoms with Crippen molar-refractivity contribution in [3.05, 3.63) is 40.7 Å². The molecular weight excluding hydrogens is 279 g/mol. The molecule has 0 aliphatic carbocycles. The molecule has 3 nitrogen and oxygen atoms in total. The molecule has 19 heavy (non-hydrogen) atoms. The SMILES string of the molecule is CCOC(=O)c1csc(-c2ccc(F)c(F)c2F)n1. The van der Waals surface area contributed by atoms with Crippen molar-refractivity contribution in [2.75, 3.05) is 6.61 Å². The number of nitrogens with zero attached hydrogens (tertiary/aromatic N) is 1. The molecule has 0 amide bonds. The average Bonchev–Trinajstić information content (AvgIpc) is 2.86. The number of benzene rings is 1. The van der Waals surface area contributed by atoms with Gasteiger partial charge in [0, 0.05) is 10.9 Å². The Bertz CT molecular complexity index is 627. The molecule has 0 radical (unpaired) electrons. The number of halogens is 3. The fourth-order valence-electron chi connectivity index (χ4n) is 1.39. The average molecular weight is 287 g/mol. The van der Waals surface area contributed by atoms with E-state index in [4.69, 9.17) is 4.74 Å². The van der Waals surface area contributed by atoms with Crippen LogP contribution in [0.15, 0.2) is 17.5 Å². The minimum atomic E-state index is -1.56. The molecule has 0 bridgehead atoms. The van der Waals surface area contributed by atoms with Gasteiger partial charge in [-0.15, -0.1) is 11.3 Å². The summed E-state index contributed by atoms with van der Waals surface area (Å²) >= 11 is 0.944. The number of ether oxygens (including phenoxy) is 1. The zero-order chi connectivity index (χ0) is 14.0. The first-order valence-electron chi connectivity index (χ1n) is 5.31. The van der Waals surface area contributed by atoms with Gasteiger partial charge in [0.25, 0.3) is 0 Å². The number of aromatic nitrogens is 1. The van der Waals surface area contributed by atoms with Crippen LogP contribution in [0.1, 0.15) is 17.4 Å². The van der Waals surface area contributed by atoms with Crippen LogP contribution in [0, 0.1) is 17.5 Å². The van der Waals surface area contributed by atoms with Crippen LogP contribution in [0.25, 0.3) is 10.6 Å². The highest BCUT2D eigenvalue weighted by atomic mass is 32.1. The summed E-state index contributed by atoms with van der Waals surface area (Å²) in [6.45, 7) is 1.82. The molecular formula is C12H8F3NO2S. The van der Waals surface area contributed by atoms with Crippen molar-refractivity contribution in [3.63, 3.8) is 0 Å². The van der Waals surface area contributed by atoms with Crippen molar-refractivity contribution in [3.8, 4) is 10.6 Å². The maximum absolute atomic E-state index is 13.5. The topological polar surface area (TPSA) is 39.2 Å². The van der Waals surface area contributed by atoms with Crippen LogP contribution in [0.4, 0.5) is 13.2 Å². The van der Waals surface area contributed by atoms with Crippen molar-refractivity contribution in [2.24, 2.45) is 0 Å². The second-order valence-corrected chi connectivity index (χ2v) is 4.34. The molecule has 100 valence electrons. The van der Waals surface area contributed by atoms with Crippen LogP contribution < -0.4 is 0 Å². The van der Waals surface area contributed by atoms with E-state index in [0.717, 1.165) is 23.5 Å². The van der Waals surface area contributed by atoms with Crippen LogP contribution in [-0.2, 0) is 4.74 Å². The van der Waals surface area contributed by atoms with Crippen LogP contribution in [-0.4, -0.2) is 17.6 Å². The van der Waals surface area contributed by atoms with Gasteiger partial charge in [-0.05, 0) is 19.1 Å². The second-order valence-electron chi connectivity index (χ2n) is 3.48. The number of rotatable bonds is 3. The molecule has 1 aromatic heterocycles. The maximum Gasteiger partial charge on any atom is 0.357 e. The molecule has 0 N–H and O–H groups in total. The summed E-state index contributed by atoms with van der Waals surface area (Å²) in [5.74, 6) is -4.81. The summed E-state index contributed by atoms with van der Waals surface area (Å²) in [5.41, 5.74) is -0.189. The highest BCUT2D eigenvalue weighted by molar-refractivity contribution is 7.13. The molecule has 0 unspecified atom stereocenters. The van der Waals surface area contributed by atoms with Crippen molar-refractivity contribution < 1.29 is 22.7 Å². The Morgan fingerprint density at radius 2 is 2.05 bits per heavy atom. The first kappa shape index (κ1) is 13.5. The van der Waals surface area contributed by atoms with Gasteiger partial charge in [-0.3, -0.25) is 0 Å². The van der Waals surface area contributed by atoms with E-state index in [1.165, 1.54) is 5.38 Å². The van der Waals surface area contributed by atoms with Gasteiger partial charge >= 0.3 is 5.97 Å². The summed E-state index contributed by atoms with van der Waals surface area (Å²) in [7, 11) is 0. The lowest BCUT2D eigenvalue weighted by molar-refractivity contribution is 0.0520. The van der Waals surface area contributed by atoms with Crippen molar-refractivity contribution >= 4 is 17.3 Å². The molecule has 1 heterocycles. The Kier molecular flexibility index (Phi) is 3.84. The standard InChI is InChI=1S/C12H8F3NO2S/c1-2-18-12(17)8-5-19-11(16-8)6-3-4-7(13)10(15)9(6)14/h3-5H,2H2,1H3. The predicted molar refractivity (Wildman–Crippen MR) is 63.4 cm³/mol. The summed E-state index contributed by atoms with van der Waals surface area (Å²) in [6.07, 6.45) is 0. The monoisotopic (exact) mass is 287 g/mol. The van der Waals surface area contributed by atoms with Crippen molar-refractivity contribution in [2.45, 2.75) is 6.92 Å². The third kappa shape index (κ3) is 2.60. The number of hydrogen-bond donors (Lipinski definition) is 0. The first-order chi connectivity index (χ1) is 9.04. The van der Waals surface area contributed by atoms with E-state index in [9.17, 15) is 18.0 Å². The Morgan fingerprint density at radius 3 is 2.74 bits per heavy atom. The summed E-state index contributed by atoms with van der Waals surface area (Å²) < 4.78 is 44.2. The van der Waals surface area contributed by atoms with Gasteiger partial charge in [0.1, 0.15) is 5.01 Å². The van der Waals surface area contributed by atoms with E-state index in [0.29, 0.717) is 0 Å². The summed E-state index contributed by atoms with van der Waals surface area (Å²) in [6, 6.07) is 1.88. The van der Waals surface area contributed by atoms with Gasteiger partial charge in [0.15, 0.2) is 23.1 Å². The highest BCUT2D eigenvalue weighted by Gasteiger charge is 2.19. The van der Waals surface area contributed by atoms with E-state index < -0.39 is 23.4 Å². The minimum Gasteiger partial charge on any atom is -0.461 e. The zero-order valence-corrected chi connectivity index (χ0v) is 10.6. The molecule has 0 aliphatic heterocycles. The normalized spacial score (nSPS) is 10.5. The van der Waals surface area contributed by atoms with Gasteiger partial charge in [-0.25, -0.2) is 22.9 Å². The van der Waals surface area contributed by atoms with E-state index in [1.54, 1.807) is 6.92 Å². The van der Waals surface area contributed by atoms with E-state index in [2.05, 4.69) is 4.98 Å². The fourth-order valence-corrected chi connectivity index (χ4v) is 2.20. The van der Waals surface area contributed by atoms with Crippen LogP contribution in [0.5, 0.6) is 0 Å². The Morgan fingerprint density at radius 1 is 1.32 bits per heavy atom. The van der Waals surface area contributed by atoms with Gasteiger partial charge in [0.05, 0.1) is 6.61 Å². The number of esters is 1. The summed E-state index contributed by atoms with van der Waals surface area (Å²) in [4.78, 5) is 15.2. The Labute approximate surface area is 110 Å². The molecule has 2 aromatic rings. The third-order valence-electron chi connectivity index (χ3n) is 2.25. The van der Waals surface area contributed by atoms with Gasteiger partial charge < -0.3 is 4.74 Å². The van der Waals surface area contributed by atoms with E-state index in [-0.39, 0.29) is 22.9 Å². The molecule has 0 atom stereocenters. The number of thiazole rings is 1. The molecule has 7 heteroatoms. The second kappa shape index (κ2) is 5.40. The predicted octanol–water partition coefficient (Wildman–Crippen LogP) is 3.40. The lowest BCUT2D eigenvalue weighted by atomic mass is 10.2. The molecule has 0 fully saturated rings. The molecule has 2 rings (SSSR count). The van der Waals surface area contributed by atoms with Crippen LogP contribution >= 0.6 is 11.3 Å². The van der Waals surface area contributed by atoms with Gasteiger partial charge in [-0.1, -0.05) is 0 Å². The van der Waals surface area contributed by atoms with Crippen molar-refractivity contribution in [1.82, 2.24) is 4.98 Å². The lowest BCUT2D eigenvalue weighted by Crippen LogP contribution is -2.04. The van der Waals surface area contributed by atoms with Crippen LogP contribution in [0.3, 0.4) is 0 Å². The molecule has 0 saturated heterocycles. The molecule has 0 aliphatic rings. The number of carbonyl (C=O) groups is 1. The smallest absolute Gasteiger partial charge is 0.357 e. The fraction of sp³-hybridized carbons (Fsp3) is 0.167. The Balaban J connectivity index is 2.38. The van der Waals surface area contributed by atoms with Gasteiger partial charge in [0.2, 0.25) is 0 Å². The summed E-state index contributed by atoms with van der Waals surface area (Å²) in [5, 5.41) is 1.45. The van der Waals surface area contributed by atoms with Gasteiger partial charge in [-0.2, -0.15) is 0 Å². The van der Waals surface area contributed by atoms with Crippen LogP contribution in [0.2, 0.25) is 0 Å². The first-order valence-corrected chi connectivity index (χ1v) is 6.19. The largest absolute Gasteiger partial charge is 0.461 e. The minimum absolute atomic E-state index is 0.00554. The zero-order valence-electron chi connectivity index (χ0n) is 9.75.